The molecule has 2 amide bonds. The molecule has 0 aliphatic rings. The average Bonchev–Trinajstić information content (AvgIpc) is 2.60. The molecule has 2 N–H and O–H groups in total. The van der Waals surface area contributed by atoms with Crippen LogP contribution in [-0.2, 0) is 4.79 Å². The van der Waals surface area contributed by atoms with Crippen molar-refractivity contribution in [1.82, 2.24) is 10.9 Å². The second-order valence-corrected chi connectivity index (χ2v) is 5.98. The molecule has 0 saturated carbocycles. The van der Waals surface area contributed by atoms with E-state index in [4.69, 9.17) is 9.47 Å². The van der Waals surface area contributed by atoms with Crippen LogP contribution in [0.1, 0.15) is 35.3 Å². The minimum Gasteiger partial charge on any atom is -0.494 e. The lowest BCUT2D eigenvalue weighted by Crippen LogP contribution is -2.47. The standard InChI is InChI=1S/C20H24N2O4/c1-5-25-17-6-8-18(9-7-17)26-15(4)19(23)21-22-20(24)16-11-13(2)10-14(3)12-16/h6-12,15H,5H2,1-4H3,(H,21,23)(H,22,24). The van der Waals surface area contributed by atoms with Crippen molar-refractivity contribution >= 4 is 11.8 Å². The number of hydrogen-bond donors (Lipinski definition) is 2. The lowest BCUT2D eigenvalue weighted by Gasteiger charge is -2.15. The van der Waals surface area contributed by atoms with Gasteiger partial charge in [0.1, 0.15) is 11.5 Å². The first-order chi connectivity index (χ1) is 12.4. The molecule has 0 fully saturated rings. The topological polar surface area (TPSA) is 76.7 Å². The minimum absolute atomic E-state index is 0.376. The highest BCUT2D eigenvalue weighted by molar-refractivity contribution is 5.96. The van der Waals surface area contributed by atoms with Gasteiger partial charge in [-0.15, -0.1) is 0 Å². The summed E-state index contributed by atoms with van der Waals surface area (Å²) in [5.74, 6) is 0.449. The third-order valence-electron chi connectivity index (χ3n) is 3.60. The highest BCUT2D eigenvalue weighted by atomic mass is 16.5. The van der Waals surface area contributed by atoms with E-state index in [1.54, 1.807) is 43.3 Å². The number of amides is 2. The summed E-state index contributed by atoms with van der Waals surface area (Å²) in [5, 5.41) is 0. The summed E-state index contributed by atoms with van der Waals surface area (Å²) in [6.45, 7) is 7.92. The molecule has 0 bridgehead atoms. The molecule has 0 aliphatic carbocycles. The Kier molecular flexibility index (Phi) is 6.60. The first-order valence-electron chi connectivity index (χ1n) is 8.47. The Morgan fingerprint density at radius 3 is 2.12 bits per heavy atom. The molecule has 2 aromatic rings. The van der Waals surface area contributed by atoms with E-state index < -0.39 is 12.0 Å². The number of benzene rings is 2. The molecule has 0 aliphatic heterocycles. The Morgan fingerprint density at radius 1 is 0.962 bits per heavy atom. The van der Waals surface area contributed by atoms with E-state index in [1.807, 2.05) is 26.8 Å². The number of ether oxygens (including phenoxy) is 2. The van der Waals surface area contributed by atoms with Gasteiger partial charge >= 0.3 is 0 Å². The van der Waals surface area contributed by atoms with Gasteiger partial charge in [-0.25, -0.2) is 0 Å². The van der Waals surface area contributed by atoms with Gasteiger partial charge in [0, 0.05) is 5.56 Å². The second-order valence-electron chi connectivity index (χ2n) is 5.98. The molecule has 0 heterocycles. The zero-order chi connectivity index (χ0) is 19.1. The second kappa shape index (κ2) is 8.89. The number of hydrazine groups is 1. The van der Waals surface area contributed by atoms with Gasteiger partial charge < -0.3 is 9.47 Å². The SMILES string of the molecule is CCOc1ccc(OC(C)C(=O)NNC(=O)c2cc(C)cc(C)c2)cc1. The Balaban J connectivity index is 1.87. The van der Waals surface area contributed by atoms with Crippen LogP contribution in [0.2, 0.25) is 0 Å². The molecule has 0 saturated heterocycles. The van der Waals surface area contributed by atoms with E-state index in [9.17, 15) is 9.59 Å². The summed E-state index contributed by atoms with van der Waals surface area (Å²) in [4.78, 5) is 24.3. The predicted molar refractivity (Wildman–Crippen MR) is 99.2 cm³/mol. The number of carbonyl (C=O) groups excluding carboxylic acids is 2. The van der Waals surface area contributed by atoms with Gasteiger partial charge in [-0.05, 0) is 64.1 Å². The third kappa shape index (κ3) is 5.51. The maximum atomic E-state index is 12.2. The van der Waals surface area contributed by atoms with Crippen LogP contribution in [0.25, 0.3) is 0 Å². The Hall–Kier alpha value is -3.02. The smallest absolute Gasteiger partial charge is 0.279 e. The summed E-state index contributed by atoms with van der Waals surface area (Å²) in [6.07, 6.45) is -0.771. The molecule has 6 nitrogen and oxygen atoms in total. The molecule has 6 heteroatoms. The lowest BCUT2D eigenvalue weighted by molar-refractivity contribution is -0.128. The van der Waals surface area contributed by atoms with Crippen LogP contribution >= 0.6 is 0 Å². The van der Waals surface area contributed by atoms with Crippen LogP contribution in [-0.4, -0.2) is 24.5 Å². The summed E-state index contributed by atoms with van der Waals surface area (Å²) in [6, 6.07) is 12.5. The Labute approximate surface area is 153 Å². The fourth-order valence-electron chi connectivity index (χ4n) is 2.44. The zero-order valence-electron chi connectivity index (χ0n) is 15.5. The number of hydrogen-bond acceptors (Lipinski definition) is 4. The van der Waals surface area contributed by atoms with Crippen molar-refractivity contribution in [3.05, 3.63) is 59.2 Å². The fourth-order valence-corrected chi connectivity index (χ4v) is 2.44. The van der Waals surface area contributed by atoms with Gasteiger partial charge in [-0.3, -0.25) is 20.4 Å². The Bertz CT molecular complexity index is 752. The summed E-state index contributed by atoms with van der Waals surface area (Å²) in [7, 11) is 0. The van der Waals surface area contributed by atoms with Gasteiger partial charge in [0.05, 0.1) is 6.61 Å². The van der Waals surface area contributed by atoms with E-state index in [0.717, 1.165) is 16.9 Å². The molecule has 1 unspecified atom stereocenters. The summed E-state index contributed by atoms with van der Waals surface area (Å²) in [5.41, 5.74) is 7.24. The van der Waals surface area contributed by atoms with Crippen LogP contribution in [0.5, 0.6) is 11.5 Å². The highest BCUT2D eigenvalue weighted by Crippen LogP contribution is 2.18. The largest absolute Gasteiger partial charge is 0.494 e. The zero-order valence-corrected chi connectivity index (χ0v) is 15.5. The third-order valence-corrected chi connectivity index (χ3v) is 3.60. The summed E-state index contributed by atoms with van der Waals surface area (Å²) < 4.78 is 10.9. The molecule has 2 aromatic carbocycles. The van der Waals surface area contributed by atoms with Gasteiger partial charge in [0.15, 0.2) is 6.10 Å². The van der Waals surface area contributed by atoms with Gasteiger partial charge in [0.2, 0.25) is 0 Å². The van der Waals surface area contributed by atoms with Crippen molar-refractivity contribution < 1.29 is 19.1 Å². The first kappa shape index (κ1) is 19.3. The van der Waals surface area contributed by atoms with Gasteiger partial charge in [-0.2, -0.15) is 0 Å². The number of aryl methyl sites for hydroxylation is 2. The van der Waals surface area contributed by atoms with E-state index in [0.29, 0.717) is 17.9 Å². The minimum atomic E-state index is -0.771. The number of carbonyl (C=O) groups is 2. The van der Waals surface area contributed by atoms with Crippen LogP contribution < -0.4 is 20.3 Å². The normalized spacial score (nSPS) is 11.4. The fraction of sp³-hybridized carbons (Fsp3) is 0.300. The van der Waals surface area contributed by atoms with Crippen molar-refractivity contribution in [3.8, 4) is 11.5 Å². The molecular weight excluding hydrogens is 332 g/mol. The number of rotatable bonds is 6. The molecular formula is C20H24N2O4. The maximum Gasteiger partial charge on any atom is 0.279 e. The molecule has 0 spiro atoms. The molecule has 0 radical (unpaired) electrons. The predicted octanol–water partition coefficient (Wildman–Crippen LogP) is 2.93. The quantitative estimate of drug-likeness (QED) is 0.780. The molecule has 1 atom stereocenters. The molecule has 26 heavy (non-hydrogen) atoms. The lowest BCUT2D eigenvalue weighted by atomic mass is 10.1. The molecule has 2 rings (SSSR count). The van der Waals surface area contributed by atoms with Crippen molar-refractivity contribution in [2.75, 3.05) is 6.61 Å². The van der Waals surface area contributed by atoms with Crippen LogP contribution in [0, 0.1) is 13.8 Å². The molecule has 0 aromatic heterocycles. The Morgan fingerprint density at radius 2 is 1.54 bits per heavy atom. The van der Waals surface area contributed by atoms with Gasteiger partial charge in [-0.1, -0.05) is 17.2 Å². The highest BCUT2D eigenvalue weighted by Gasteiger charge is 2.16. The van der Waals surface area contributed by atoms with Crippen LogP contribution in [0.15, 0.2) is 42.5 Å². The monoisotopic (exact) mass is 356 g/mol. The van der Waals surface area contributed by atoms with E-state index in [1.165, 1.54) is 0 Å². The van der Waals surface area contributed by atoms with Crippen molar-refractivity contribution in [2.45, 2.75) is 33.8 Å². The van der Waals surface area contributed by atoms with Crippen molar-refractivity contribution in [1.29, 1.82) is 0 Å². The van der Waals surface area contributed by atoms with E-state index >= 15 is 0 Å². The van der Waals surface area contributed by atoms with E-state index in [-0.39, 0.29) is 5.91 Å². The number of nitrogens with one attached hydrogen (secondary N) is 2. The molecule has 138 valence electrons. The van der Waals surface area contributed by atoms with Gasteiger partial charge in [0.25, 0.3) is 11.8 Å². The average molecular weight is 356 g/mol. The van der Waals surface area contributed by atoms with Crippen molar-refractivity contribution in [2.24, 2.45) is 0 Å². The van der Waals surface area contributed by atoms with E-state index in [2.05, 4.69) is 10.9 Å². The first-order valence-corrected chi connectivity index (χ1v) is 8.47. The summed E-state index contributed by atoms with van der Waals surface area (Å²) >= 11 is 0. The van der Waals surface area contributed by atoms with Crippen LogP contribution in [0.3, 0.4) is 0 Å². The van der Waals surface area contributed by atoms with Crippen LogP contribution in [0.4, 0.5) is 0 Å². The van der Waals surface area contributed by atoms with Crippen molar-refractivity contribution in [3.63, 3.8) is 0 Å². The maximum absolute atomic E-state index is 12.2.